The highest BCUT2D eigenvalue weighted by Crippen LogP contribution is 2.25. The minimum absolute atomic E-state index is 0.225. The smallest absolute Gasteiger partial charge is 0.0129 e. The molecule has 0 spiro atoms. The first kappa shape index (κ1) is 14.7. The van der Waals surface area contributed by atoms with Crippen LogP contribution in [0.15, 0.2) is 12.2 Å². The molecule has 0 rings (SSSR count). The topological polar surface area (TPSA) is 12.0 Å². The molecule has 0 aliphatic rings. The molecule has 1 unspecified atom stereocenters. The van der Waals surface area contributed by atoms with Crippen LogP contribution in [0.5, 0.6) is 0 Å². The summed E-state index contributed by atoms with van der Waals surface area (Å²) in [6.07, 6.45) is 6.87. The largest absolute Gasteiger partial charge is 0.308 e. The fourth-order valence-electron chi connectivity index (χ4n) is 1.44. The van der Waals surface area contributed by atoms with E-state index in [2.05, 4.69) is 65.9 Å². The van der Waals surface area contributed by atoms with E-state index in [1.807, 2.05) is 0 Å². The molecular weight excluding hydrogens is 182 g/mol. The molecule has 0 bridgehead atoms. The normalized spacial score (nSPS) is 15.9. The Kier molecular flexibility index (Phi) is 5.58. The Balaban J connectivity index is 4.43. The van der Waals surface area contributed by atoms with E-state index in [4.69, 9.17) is 0 Å². The van der Waals surface area contributed by atoms with Crippen LogP contribution in [0.1, 0.15) is 61.3 Å². The zero-order valence-electron chi connectivity index (χ0n) is 11.6. The highest BCUT2D eigenvalue weighted by Gasteiger charge is 2.27. The monoisotopic (exact) mass is 211 g/mol. The van der Waals surface area contributed by atoms with Crippen LogP contribution >= 0.6 is 0 Å². The van der Waals surface area contributed by atoms with Crippen LogP contribution in [0, 0.1) is 5.41 Å². The molecule has 1 heteroatoms. The van der Waals surface area contributed by atoms with Crippen LogP contribution in [0.25, 0.3) is 0 Å². The molecule has 0 amide bonds. The SMILES string of the molecule is CCC=CC(C)(C)C(C)NC(C)(C)CC. The van der Waals surface area contributed by atoms with Crippen molar-refractivity contribution in [1.82, 2.24) is 5.32 Å². The lowest BCUT2D eigenvalue weighted by atomic mass is 9.83. The van der Waals surface area contributed by atoms with Gasteiger partial charge in [0.1, 0.15) is 0 Å². The summed E-state index contributed by atoms with van der Waals surface area (Å²) in [6, 6.07) is 0.496. The van der Waals surface area contributed by atoms with Gasteiger partial charge in [0.25, 0.3) is 0 Å². The number of hydrogen-bond acceptors (Lipinski definition) is 1. The molecule has 0 fully saturated rings. The number of rotatable bonds is 6. The fraction of sp³-hybridized carbons (Fsp3) is 0.857. The predicted molar refractivity (Wildman–Crippen MR) is 70.2 cm³/mol. The Morgan fingerprint density at radius 2 is 1.67 bits per heavy atom. The van der Waals surface area contributed by atoms with E-state index >= 15 is 0 Å². The van der Waals surface area contributed by atoms with Crippen LogP contribution < -0.4 is 5.32 Å². The summed E-state index contributed by atoms with van der Waals surface area (Å²) in [5.41, 5.74) is 0.458. The van der Waals surface area contributed by atoms with E-state index in [0.29, 0.717) is 6.04 Å². The standard InChI is InChI=1S/C14H29N/c1-8-10-11-13(4,5)12(3)15-14(6,7)9-2/h10-12,15H,8-9H2,1-7H3. The first-order chi connectivity index (χ1) is 6.75. The van der Waals surface area contributed by atoms with Crippen LogP contribution in [0.2, 0.25) is 0 Å². The maximum Gasteiger partial charge on any atom is 0.0129 e. The average molecular weight is 211 g/mol. The minimum atomic E-state index is 0.225. The summed E-state index contributed by atoms with van der Waals surface area (Å²) in [5, 5.41) is 3.70. The van der Waals surface area contributed by atoms with Gasteiger partial charge in [-0.15, -0.1) is 0 Å². The van der Waals surface area contributed by atoms with E-state index in [-0.39, 0.29) is 11.0 Å². The summed E-state index contributed by atoms with van der Waals surface area (Å²) >= 11 is 0. The quantitative estimate of drug-likeness (QED) is 0.651. The highest BCUT2D eigenvalue weighted by molar-refractivity contribution is 5.01. The second kappa shape index (κ2) is 5.69. The maximum absolute atomic E-state index is 3.70. The molecule has 90 valence electrons. The van der Waals surface area contributed by atoms with Crippen molar-refractivity contribution in [1.29, 1.82) is 0 Å². The molecule has 1 nitrogen and oxygen atoms in total. The van der Waals surface area contributed by atoms with Crippen molar-refractivity contribution in [2.75, 3.05) is 0 Å². The molecule has 0 radical (unpaired) electrons. The molecule has 0 aromatic carbocycles. The third-order valence-electron chi connectivity index (χ3n) is 3.39. The van der Waals surface area contributed by atoms with Gasteiger partial charge in [-0.2, -0.15) is 0 Å². The third-order valence-corrected chi connectivity index (χ3v) is 3.39. The number of nitrogens with one attached hydrogen (secondary N) is 1. The molecule has 0 saturated heterocycles. The van der Waals surface area contributed by atoms with Gasteiger partial charge >= 0.3 is 0 Å². The van der Waals surface area contributed by atoms with Crippen molar-refractivity contribution >= 4 is 0 Å². The van der Waals surface area contributed by atoms with Crippen molar-refractivity contribution in [3.8, 4) is 0 Å². The summed E-state index contributed by atoms with van der Waals surface area (Å²) in [4.78, 5) is 0. The van der Waals surface area contributed by atoms with Crippen molar-refractivity contribution in [2.45, 2.75) is 72.9 Å². The maximum atomic E-state index is 3.70. The van der Waals surface area contributed by atoms with Gasteiger partial charge in [-0.25, -0.2) is 0 Å². The second-order valence-corrected chi connectivity index (χ2v) is 5.74. The molecule has 0 aromatic rings. The Morgan fingerprint density at radius 3 is 2.07 bits per heavy atom. The Hall–Kier alpha value is -0.300. The lowest BCUT2D eigenvalue weighted by Crippen LogP contribution is -2.49. The van der Waals surface area contributed by atoms with Crippen LogP contribution in [0.4, 0.5) is 0 Å². The first-order valence-electron chi connectivity index (χ1n) is 6.20. The molecule has 0 saturated carbocycles. The fourth-order valence-corrected chi connectivity index (χ4v) is 1.44. The van der Waals surface area contributed by atoms with Gasteiger partial charge < -0.3 is 5.32 Å². The van der Waals surface area contributed by atoms with Crippen LogP contribution in [-0.4, -0.2) is 11.6 Å². The van der Waals surface area contributed by atoms with E-state index in [0.717, 1.165) is 12.8 Å². The van der Waals surface area contributed by atoms with Gasteiger partial charge in [0, 0.05) is 11.6 Å². The summed E-state index contributed by atoms with van der Waals surface area (Å²) < 4.78 is 0. The number of hydrogen-bond donors (Lipinski definition) is 1. The molecule has 0 aliphatic heterocycles. The zero-order chi connectivity index (χ0) is 12.1. The van der Waals surface area contributed by atoms with Gasteiger partial charge in [0.2, 0.25) is 0 Å². The van der Waals surface area contributed by atoms with Crippen LogP contribution in [-0.2, 0) is 0 Å². The molecule has 0 aliphatic carbocycles. The zero-order valence-corrected chi connectivity index (χ0v) is 11.6. The Bertz CT molecular complexity index is 201. The molecule has 15 heavy (non-hydrogen) atoms. The van der Waals surface area contributed by atoms with Gasteiger partial charge in [-0.05, 0) is 39.0 Å². The molecular formula is C14H29N. The minimum Gasteiger partial charge on any atom is -0.308 e. The van der Waals surface area contributed by atoms with Gasteiger partial charge in [-0.3, -0.25) is 0 Å². The van der Waals surface area contributed by atoms with E-state index in [1.165, 1.54) is 0 Å². The molecule has 0 heterocycles. The first-order valence-corrected chi connectivity index (χ1v) is 6.20. The van der Waals surface area contributed by atoms with E-state index in [9.17, 15) is 0 Å². The highest BCUT2D eigenvalue weighted by atomic mass is 15.0. The Morgan fingerprint density at radius 1 is 1.13 bits per heavy atom. The van der Waals surface area contributed by atoms with Gasteiger partial charge in [-0.1, -0.05) is 39.8 Å². The molecule has 1 atom stereocenters. The Labute approximate surface area is 96.3 Å². The van der Waals surface area contributed by atoms with E-state index in [1.54, 1.807) is 0 Å². The average Bonchev–Trinajstić information content (AvgIpc) is 2.14. The third kappa shape index (κ3) is 5.36. The summed E-state index contributed by atoms with van der Waals surface area (Å²) in [6.45, 7) is 15.8. The van der Waals surface area contributed by atoms with Crippen molar-refractivity contribution < 1.29 is 0 Å². The lowest BCUT2D eigenvalue weighted by molar-refractivity contribution is 0.245. The number of allylic oxidation sites excluding steroid dienone is 1. The van der Waals surface area contributed by atoms with Gasteiger partial charge in [0.15, 0.2) is 0 Å². The van der Waals surface area contributed by atoms with Crippen molar-refractivity contribution in [2.24, 2.45) is 5.41 Å². The lowest BCUT2D eigenvalue weighted by Gasteiger charge is -2.37. The van der Waals surface area contributed by atoms with Crippen molar-refractivity contribution in [3.63, 3.8) is 0 Å². The van der Waals surface area contributed by atoms with Crippen LogP contribution in [0.3, 0.4) is 0 Å². The summed E-state index contributed by atoms with van der Waals surface area (Å²) in [5.74, 6) is 0. The predicted octanol–water partition coefficient (Wildman–Crippen LogP) is 4.15. The summed E-state index contributed by atoms with van der Waals surface area (Å²) in [7, 11) is 0. The van der Waals surface area contributed by atoms with Gasteiger partial charge in [0.05, 0.1) is 0 Å². The second-order valence-electron chi connectivity index (χ2n) is 5.74. The van der Waals surface area contributed by atoms with Crippen molar-refractivity contribution in [3.05, 3.63) is 12.2 Å². The molecule has 1 N–H and O–H groups in total. The molecule has 0 aromatic heterocycles. The van der Waals surface area contributed by atoms with E-state index < -0.39 is 0 Å².